The van der Waals surface area contributed by atoms with Crippen LogP contribution in [0, 0.1) is 0 Å². The molecular formula is C15H18N2OS2. The van der Waals surface area contributed by atoms with Gasteiger partial charge in [-0.15, -0.1) is 11.3 Å². The number of hydrogen-bond donors (Lipinski definition) is 2. The molecule has 0 aliphatic carbocycles. The third-order valence-corrected chi connectivity index (χ3v) is 3.61. The highest BCUT2D eigenvalue weighted by atomic mass is 32.1. The van der Waals surface area contributed by atoms with E-state index >= 15 is 0 Å². The summed E-state index contributed by atoms with van der Waals surface area (Å²) in [5, 5.41) is 9.01. The summed E-state index contributed by atoms with van der Waals surface area (Å²) in [6.45, 7) is 4.77. The molecule has 0 saturated heterocycles. The van der Waals surface area contributed by atoms with Crippen LogP contribution in [0.25, 0.3) is 0 Å². The van der Waals surface area contributed by atoms with Crippen LogP contribution in [0.3, 0.4) is 0 Å². The SMILES string of the molecule is CC(C)Oc1ccc(NC(=S)NCc2cccs2)cc1. The molecule has 106 valence electrons. The Balaban J connectivity index is 1.81. The van der Waals surface area contributed by atoms with Crippen molar-refractivity contribution in [3.63, 3.8) is 0 Å². The Morgan fingerprint density at radius 1 is 1.25 bits per heavy atom. The molecule has 5 heteroatoms. The molecule has 2 aromatic rings. The molecule has 0 aliphatic heterocycles. The monoisotopic (exact) mass is 306 g/mol. The second-order valence-electron chi connectivity index (χ2n) is 4.58. The summed E-state index contributed by atoms with van der Waals surface area (Å²) in [6.07, 6.45) is 0.183. The van der Waals surface area contributed by atoms with E-state index < -0.39 is 0 Å². The van der Waals surface area contributed by atoms with Gasteiger partial charge in [0.25, 0.3) is 0 Å². The van der Waals surface area contributed by atoms with Crippen molar-refractivity contribution >= 4 is 34.4 Å². The molecule has 0 atom stereocenters. The molecule has 0 unspecified atom stereocenters. The Labute approximate surface area is 129 Å². The molecule has 2 rings (SSSR count). The fourth-order valence-corrected chi connectivity index (χ4v) is 2.48. The van der Waals surface area contributed by atoms with Crippen LogP contribution >= 0.6 is 23.6 Å². The minimum Gasteiger partial charge on any atom is -0.491 e. The van der Waals surface area contributed by atoms with Gasteiger partial charge >= 0.3 is 0 Å². The third kappa shape index (κ3) is 4.83. The summed E-state index contributed by atoms with van der Waals surface area (Å²) in [5.74, 6) is 0.864. The van der Waals surface area contributed by atoms with E-state index in [0.717, 1.165) is 18.0 Å². The second-order valence-corrected chi connectivity index (χ2v) is 6.02. The molecule has 0 amide bonds. The van der Waals surface area contributed by atoms with E-state index in [-0.39, 0.29) is 6.10 Å². The lowest BCUT2D eigenvalue weighted by molar-refractivity contribution is 0.242. The first-order valence-electron chi connectivity index (χ1n) is 6.47. The van der Waals surface area contributed by atoms with E-state index in [9.17, 15) is 0 Å². The topological polar surface area (TPSA) is 33.3 Å². The summed E-state index contributed by atoms with van der Waals surface area (Å²) in [4.78, 5) is 1.26. The van der Waals surface area contributed by atoms with Crippen molar-refractivity contribution in [1.29, 1.82) is 0 Å². The Hall–Kier alpha value is -1.59. The summed E-state index contributed by atoms with van der Waals surface area (Å²) in [7, 11) is 0. The third-order valence-electron chi connectivity index (χ3n) is 2.49. The van der Waals surface area contributed by atoms with Crippen LogP contribution in [0.1, 0.15) is 18.7 Å². The molecule has 2 N–H and O–H groups in total. The van der Waals surface area contributed by atoms with Crippen LogP contribution < -0.4 is 15.4 Å². The van der Waals surface area contributed by atoms with Gasteiger partial charge in [0.2, 0.25) is 0 Å². The molecule has 1 heterocycles. The fourth-order valence-electron chi connectivity index (χ4n) is 1.64. The van der Waals surface area contributed by atoms with Gasteiger partial charge in [-0.2, -0.15) is 0 Å². The maximum Gasteiger partial charge on any atom is 0.171 e. The van der Waals surface area contributed by atoms with Crippen molar-refractivity contribution in [2.45, 2.75) is 26.5 Å². The van der Waals surface area contributed by atoms with Crippen LogP contribution in [0.5, 0.6) is 5.75 Å². The maximum atomic E-state index is 5.60. The largest absolute Gasteiger partial charge is 0.491 e. The van der Waals surface area contributed by atoms with E-state index in [1.54, 1.807) is 11.3 Å². The molecule has 0 spiro atoms. The Kier molecular flexibility index (Phi) is 5.38. The first-order chi connectivity index (χ1) is 9.63. The zero-order chi connectivity index (χ0) is 14.4. The van der Waals surface area contributed by atoms with E-state index in [1.807, 2.05) is 44.2 Å². The number of ether oxygens (including phenoxy) is 1. The fraction of sp³-hybridized carbons (Fsp3) is 0.267. The number of anilines is 1. The number of rotatable bonds is 5. The van der Waals surface area contributed by atoms with Gasteiger partial charge in [-0.05, 0) is 61.8 Å². The summed E-state index contributed by atoms with van der Waals surface area (Å²) < 4.78 is 5.60. The number of thiophene rings is 1. The Morgan fingerprint density at radius 2 is 2.00 bits per heavy atom. The predicted octanol–water partition coefficient (Wildman–Crippen LogP) is 4.02. The van der Waals surface area contributed by atoms with Gasteiger partial charge in [0.05, 0.1) is 12.6 Å². The standard InChI is InChI=1S/C15H18N2OS2/c1-11(2)18-13-7-5-12(6-8-13)17-15(19)16-10-14-4-3-9-20-14/h3-9,11H,10H2,1-2H3,(H2,16,17,19). The highest BCUT2D eigenvalue weighted by Gasteiger charge is 2.01. The van der Waals surface area contributed by atoms with Gasteiger partial charge in [-0.3, -0.25) is 0 Å². The number of nitrogens with one attached hydrogen (secondary N) is 2. The van der Waals surface area contributed by atoms with E-state index in [1.165, 1.54) is 4.88 Å². The van der Waals surface area contributed by atoms with Crippen LogP contribution in [0.15, 0.2) is 41.8 Å². The van der Waals surface area contributed by atoms with Gasteiger partial charge < -0.3 is 15.4 Å². The summed E-state index contributed by atoms with van der Waals surface area (Å²) in [5.41, 5.74) is 0.949. The summed E-state index contributed by atoms with van der Waals surface area (Å²) >= 11 is 6.98. The minimum atomic E-state index is 0.183. The van der Waals surface area contributed by atoms with Gasteiger partial charge in [0.1, 0.15) is 5.75 Å². The quantitative estimate of drug-likeness (QED) is 0.817. The smallest absolute Gasteiger partial charge is 0.171 e. The molecule has 20 heavy (non-hydrogen) atoms. The Bertz CT molecular complexity index is 536. The van der Waals surface area contributed by atoms with Crippen molar-refractivity contribution in [3.8, 4) is 5.75 Å². The molecule has 0 fully saturated rings. The zero-order valence-electron chi connectivity index (χ0n) is 11.6. The zero-order valence-corrected chi connectivity index (χ0v) is 13.2. The molecule has 1 aromatic heterocycles. The predicted molar refractivity (Wildman–Crippen MR) is 89.6 cm³/mol. The maximum absolute atomic E-state index is 5.60. The van der Waals surface area contributed by atoms with E-state index in [4.69, 9.17) is 17.0 Å². The van der Waals surface area contributed by atoms with Crippen LogP contribution in [0.4, 0.5) is 5.69 Å². The highest BCUT2D eigenvalue weighted by molar-refractivity contribution is 7.80. The lowest BCUT2D eigenvalue weighted by Gasteiger charge is -2.12. The van der Waals surface area contributed by atoms with E-state index in [0.29, 0.717) is 5.11 Å². The second kappa shape index (κ2) is 7.26. The normalized spacial score (nSPS) is 10.3. The van der Waals surface area contributed by atoms with Crippen LogP contribution in [0.2, 0.25) is 0 Å². The van der Waals surface area contributed by atoms with Crippen molar-refractivity contribution in [2.24, 2.45) is 0 Å². The van der Waals surface area contributed by atoms with Gasteiger partial charge in [0, 0.05) is 10.6 Å². The summed E-state index contributed by atoms with van der Waals surface area (Å²) in [6, 6.07) is 11.9. The van der Waals surface area contributed by atoms with Gasteiger partial charge in [0.15, 0.2) is 5.11 Å². The molecule has 0 bridgehead atoms. The lowest BCUT2D eigenvalue weighted by atomic mass is 10.3. The molecule has 1 aromatic carbocycles. The van der Waals surface area contributed by atoms with Crippen molar-refractivity contribution in [3.05, 3.63) is 46.7 Å². The highest BCUT2D eigenvalue weighted by Crippen LogP contribution is 2.17. The molecule has 0 radical (unpaired) electrons. The van der Waals surface area contributed by atoms with Crippen LogP contribution in [-0.2, 0) is 6.54 Å². The number of thiocarbonyl (C=S) groups is 1. The number of benzene rings is 1. The minimum absolute atomic E-state index is 0.183. The van der Waals surface area contributed by atoms with Gasteiger partial charge in [-0.25, -0.2) is 0 Å². The number of hydrogen-bond acceptors (Lipinski definition) is 3. The molecule has 0 saturated carbocycles. The lowest BCUT2D eigenvalue weighted by Crippen LogP contribution is -2.27. The van der Waals surface area contributed by atoms with E-state index in [2.05, 4.69) is 22.1 Å². The molecule has 3 nitrogen and oxygen atoms in total. The average Bonchev–Trinajstić information content (AvgIpc) is 2.91. The van der Waals surface area contributed by atoms with Crippen molar-refractivity contribution < 1.29 is 4.74 Å². The van der Waals surface area contributed by atoms with Crippen molar-refractivity contribution in [1.82, 2.24) is 5.32 Å². The van der Waals surface area contributed by atoms with Gasteiger partial charge in [-0.1, -0.05) is 6.07 Å². The van der Waals surface area contributed by atoms with Crippen LogP contribution in [-0.4, -0.2) is 11.2 Å². The first kappa shape index (κ1) is 14.8. The molecular weight excluding hydrogens is 288 g/mol. The molecule has 0 aliphatic rings. The average molecular weight is 306 g/mol. The van der Waals surface area contributed by atoms with Crippen molar-refractivity contribution in [2.75, 3.05) is 5.32 Å². The Morgan fingerprint density at radius 3 is 2.60 bits per heavy atom. The first-order valence-corrected chi connectivity index (χ1v) is 7.76.